The Balaban J connectivity index is 2.41. The summed E-state index contributed by atoms with van der Waals surface area (Å²) in [7, 11) is 1.56. The molecule has 0 saturated carbocycles. The Morgan fingerprint density at radius 3 is 2.89 bits per heavy atom. The summed E-state index contributed by atoms with van der Waals surface area (Å²) < 4.78 is 13.6. The highest BCUT2D eigenvalue weighted by Crippen LogP contribution is 2.16. The van der Waals surface area contributed by atoms with Gasteiger partial charge in [-0.05, 0) is 12.1 Å². The standard InChI is InChI=1S/C13H13FN2O2/c1-16(7-8-17)13(18)11-6-5-9-3-2-4-10(14)12(9)15-11/h2-6,17H,7-8H2,1H3. The summed E-state index contributed by atoms with van der Waals surface area (Å²) in [5, 5.41) is 9.42. The van der Waals surface area contributed by atoms with Gasteiger partial charge in [-0.25, -0.2) is 9.37 Å². The van der Waals surface area contributed by atoms with E-state index in [2.05, 4.69) is 4.98 Å². The molecule has 0 spiro atoms. The van der Waals surface area contributed by atoms with Crippen molar-refractivity contribution in [2.45, 2.75) is 0 Å². The number of nitrogens with zero attached hydrogens (tertiary/aromatic N) is 2. The lowest BCUT2D eigenvalue weighted by Gasteiger charge is -2.15. The Labute approximate surface area is 104 Å². The number of carbonyl (C=O) groups excluding carboxylic acids is 1. The molecule has 0 aliphatic heterocycles. The van der Waals surface area contributed by atoms with Crippen LogP contribution in [0, 0.1) is 5.82 Å². The van der Waals surface area contributed by atoms with Gasteiger partial charge in [-0.1, -0.05) is 18.2 Å². The third kappa shape index (κ3) is 2.31. The minimum absolute atomic E-state index is 0.121. The number of hydrogen-bond acceptors (Lipinski definition) is 3. The van der Waals surface area contributed by atoms with Crippen LogP contribution in [0.1, 0.15) is 10.5 Å². The number of benzene rings is 1. The van der Waals surface area contributed by atoms with E-state index in [-0.39, 0.29) is 30.3 Å². The highest BCUT2D eigenvalue weighted by Gasteiger charge is 2.14. The molecule has 5 heteroatoms. The van der Waals surface area contributed by atoms with Crippen molar-refractivity contribution < 1.29 is 14.3 Å². The topological polar surface area (TPSA) is 53.4 Å². The SMILES string of the molecule is CN(CCO)C(=O)c1ccc2cccc(F)c2n1. The van der Waals surface area contributed by atoms with Crippen molar-refractivity contribution in [3.8, 4) is 0 Å². The first kappa shape index (κ1) is 12.4. The number of fused-ring (bicyclic) bond motifs is 1. The first-order chi connectivity index (χ1) is 8.63. The number of hydrogen-bond donors (Lipinski definition) is 1. The summed E-state index contributed by atoms with van der Waals surface area (Å²) in [6.07, 6.45) is 0. The van der Waals surface area contributed by atoms with Crippen LogP contribution in [0.2, 0.25) is 0 Å². The van der Waals surface area contributed by atoms with Gasteiger partial charge in [0.05, 0.1) is 6.61 Å². The third-order valence-corrected chi connectivity index (χ3v) is 2.67. The zero-order valence-corrected chi connectivity index (χ0v) is 9.93. The molecular weight excluding hydrogens is 235 g/mol. The average Bonchev–Trinajstić information content (AvgIpc) is 2.38. The van der Waals surface area contributed by atoms with Crippen LogP contribution >= 0.6 is 0 Å². The summed E-state index contributed by atoms with van der Waals surface area (Å²) in [5.74, 6) is -0.791. The maximum atomic E-state index is 13.6. The number of rotatable bonds is 3. The molecule has 1 amide bonds. The van der Waals surface area contributed by atoms with Crippen LogP contribution in [0.25, 0.3) is 10.9 Å². The minimum Gasteiger partial charge on any atom is -0.395 e. The summed E-state index contributed by atoms with van der Waals surface area (Å²) in [4.78, 5) is 17.3. The van der Waals surface area contributed by atoms with Crippen LogP contribution in [-0.2, 0) is 0 Å². The monoisotopic (exact) mass is 248 g/mol. The van der Waals surface area contributed by atoms with Gasteiger partial charge in [-0.15, -0.1) is 0 Å². The molecule has 0 aliphatic rings. The Bertz CT molecular complexity index is 586. The molecule has 1 N–H and O–H groups in total. The normalized spacial score (nSPS) is 10.6. The second kappa shape index (κ2) is 5.10. The van der Waals surface area contributed by atoms with Gasteiger partial charge in [0.15, 0.2) is 0 Å². The second-order valence-electron chi connectivity index (χ2n) is 3.96. The Hall–Kier alpha value is -2.01. The highest BCUT2D eigenvalue weighted by atomic mass is 19.1. The fourth-order valence-corrected chi connectivity index (χ4v) is 1.68. The minimum atomic E-state index is -0.452. The van der Waals surface area contributed by atoms with Gasteiger partial charge < -0.3 is 10.0 Å². The molecule has 0 bridgehead atoms. The van der Waals surface area contributed by atoms with E-state index in [1.165, 1.54) is 11.0 Å². The maximum absolute atomic E-state index is 13.6. The van der Waals surface area contributed by atoms with Gasteiger partial charge in [0, 0.05) is 19.0 Å². The lowest BCUT2D eigenvalue weighted by molar-refractivity contribution is 0.0761. The zero-order chi connectivity index (χ0) is 13.1. The molecule has 4 nitrogen and oxygen atoms in total. The molecule has 0 saturated heterocycles. The number of aromatic nitrogens is 1. The van der Waals surface area contributed by atoms with Crippen molar-refractivity contribution in [2.75, 3.05) is 20.2 Å². The number of halogens is 1. The van der Waals surface area contributed by atoms with E-state index in [0.717, 1.165) is 0 Å². The first-order valence-corrected chi connectivity index (χ1v) is 5.55. The maximum Gasteiger partial charge on any atom is 0.272 e. The number of aliphatic hydroxyl groups is 1. The van der Waals surface area contributed by atoms with E-state index in [1.807, 2.05) is 0 Å². The lowest BCUT2D eigenvalue weighted by atomic mass is 10.2. The zero-order valence-electron chi connectivity index (χ0n) is 9.93. The highest BCUT2D eigenvalue weighted by molar-refractivity contribution is 5.94. The van der Waals surface area contributed by atoms with Crippen LogP contribution in [0.3, 0.4) is 0 Å². The van der Waals surface area contributed by atoms with Crippen LogP contribution in [0.15, 0.2) is 30.3 Å². The quantitative estimate of drug-likeness (QED) is 0.894. The van der Waals surface area contributed by atoms with Gasteiger partial charge >= 0.3 is 0 Å². The molecule has 2 aromatic rings. The Kier molecular flexibility index (Phi) is 3.53. The van der Waals surface area contributed by atoms with Gasteiger partial charge in [0.2, 0.25) is 0 Å². The number of likely N-dealkylation sites (N-methyl/N-ethyl adjacent to an activating group) is 1. The Morgan fingerprint density at radius 1 is 1.39 bits per heavy atom. The van der Waals surface area contributed by atoms with Crippen molar-refractivity contribution in [2.24, 2.45) is 0 Å². The smallest absolute Gasteiger partial charge is 0.272 e. The first-order valence-electron chi connectivity index (χ1n) is 5.55. The van der Waals surface area contributed by atoms with Crippen molar-refractivity contribution in [1.29, 1.82) is 0 Å². The number of carbonyl (C=O) groups is 1. The molecular formula is C13H13FN2O2. The summed E-state index contributed by atoms with van der Waals surface area (Å²) in [5.41, 5.74) is 0.351. The van der Waals surface area contributed by atoms with Crippen LogP contribution in [0.4, 0.5) is 4.39 Å². The third-order valence-electron chi connectivity index (χ3n) is 2.67. The predicted molar refractivity (Wildman–Crippen MR) is 65.7 cm³/mol. The number of para-hydroxylation sites is 1. The van der Waals surface area contributed by atoms with E-state index in [0.29, 0.717) is 5.39 Å². The molecule has 0 fully saturated rings. The lowest BCUT2D eigenvalue weighted by Crippen LogP contribution is -2.30. The second-order valence-corrected chi connectivity index (χ2v) is 3.96. The van der Waals surface area contributed by atoms with E-state index >= 15 is 0 Å². The van der Waals surface area contributed by atoms with E-state index in [4.69, 9.17) is 5.11 Å². The van der Waals surface area contributed by atoms with Crippen molar-refractivity contribution >= 4 is 16.8 Å². The molecule has 1 aromatic heterocycles. The number of pyridine rings is 1. The average molecular weight is 248 g/mol. The molecule has 0 atom stereocenters. The predicted octanol–water partition coefficient (Wildman–Crippen LogP) is 1.44. The summed E-state index contributed by atoms with van der Waals surface area (Å²) in [6.45, 7) is 0.0972. The van der Waals surface area contributed by atoms with Crippen molar-refractivity contribution in [3.05, 3.63) is 41.8 Å². The number of amides is 1. The molecule has 18 heavy (non-hydrogen) atoms. The van der Waals surface area contributed by atoms with Gasteiger partial charge in [-0.3, -0.25) is 4.79 Å². The molecule has 0 unspecified atom stereocenters. The number of aliphatic hydroxyl groups excluding tert-OH is 1. The van der Waals surface area contributed by atoms with E-state index < -0.39 is 5.82 Å². The Morgan fingerprint density at radius 2 is 2.17 bits per heavy atom. The molecule has 94 valence electrons. The fraction of sp³-hybridized carbons (Fsp3) is 0.231. The molecule has 2 rings (SSSR count). The summed E-state index contributed by atoms with van der Waals surface area (Å²) in [6, 6.07) is 7.85. The van der Waals surface area contributed by atoms with Gasteiger partial charge in [-0.2, -0.15) is 0 Å². The van der Waals surface area contributed by atoms with Crippen LogP contribution in [0.5, 0.6) is 0 Å². The molecule has 1 heterocycles. The largest absolute Gasteiger partial charge is 0.395 e. The van der Waals surface area contributed by atoms with Gasteiger partial charge in [0.1, 0.15) is 17.0 Å². The molecule has 1 aromatic carbocycles. The molecule has 0 aliphatic carbocycles. The van der Waals surface area contributed by atoms with Crippen LogP contribution < -0.4 is 0 Å². The summed E-state index contributed by atoms with van der Waals surface area (Å²) >= 11 is 0. The van der Waals surface area contributed by atoms with Gasteiger partial charge in [0.25, 0.3) is 5.91 Å². The molecule has 0 radical (unpaired) electrons. The fourth-order valence-electron chi connectivity index (χ4n) is 1.68. The van der Waals surface area contributed by atoms with E-state index in [1.54, 1.807) is 31.3 Å². The van der Waals surface area contributed by atoms with Crippen LogP contribution in [-0.4, -0.2) is 41.1 Å². The van der Waals surface area contributed by atoms with Crippen molar-refractivity contribution in [1.82, 2.24) is 9.88 Å². The van der Waals surface area contributed by atoms with E-state index in [9.17, 15) is 9.18 Å². The van der Waals surface area contributed by atoms with Crippen molar-refractivity contribution in [3.63, 3.8) is 0 Å².